The quantitative estimate of drug-likeness (QED) is 0.477. The van der Waals surface area contributed by atoms with Crippen LogP contribution in [0.4, 0.5) is 0 Å². The Balaban J connectivity index is 1.33. The first kappa shape index (κ1) is 24.8. The number of nitrogens with one attached hydrogen (secondary N) is 1. The van der Waals surface area contributed by atoms with Crippen molar-refractivity contribution in [2.24, 2.45) is 28.6 Å². The Labute approximate surface area is 203 Å². The molecule has 4 fully saturated rings. The lowest BCUT2D eigenvalue weighted by atomic mass is 9.46. The Morgan fingerprint density at radius 2 is 1.88 bits per heavy atom. The van der Waals surface area contributed by atoms with E-state index in [0.717, 1.165) is 64.2 Å². The van der Waals surface area contributed by atoms with Gasteiger partial charge in [-0.25, -0.2) is 0 Å². The van der Waals surface area contributed by atoms with Gasteiger partial charge >= 0.3 is 0 Å². The maximum atomic E-state index is 13.3. The summed E-state index contributed by atoms with van der Waals surface area (Å²) in [6, 6.07) is 0.284. The molecule has 4 N–H and O–H groups in total. The molecule has 5 aliphatic rings. The van der Waals surface area contributed by atoms with Crippen LogP contribution >= 0.6 is 0 Å². The minimum atomic E-state index is -0.981. The second kappa shape index (κ2) is 8.93. The van der Waals surface area contributed by atoms with Crippen molar-refractivity contribution >= 4 is 5.78 Å². The first-order valence-electron chi connectivity index (χ1n) is 13.5. The van der Waals surface area contributed by atoms with E-state index in [2.05, 4.69) is 31.0 Å². The average molecular weight is 477 g/mol. The van der Waals surface area contributed by atoms with Crippen molar-refractivity contribution in [3.05, 3.63) is 11.6 Å². The minimum absolute atomic E-state index is 0.0255. The van der Waals surface area contributed by atoms with Crippen molar-refractivity contribution in [3.8, 4) is 0 Å². The third-order valence-electron chi connectivity index (χ3n) is 10.8. The predicted octanol–water partition coefficient (Wildman–Crippen LogP) is 1.50. The normalized spacial score (nSPS) is 48.0. The summed E-state index contributed by atoms with van der Waals surface area (Å²) in [6.45, 7) is 12.1. The van der Waals surface area contributed by atoms with Crippen LogP contribution in [0.1, 0.15) is 59.3 Å². The van der Waals surface area contributed by atoms with Gasteiger partial charge in [0, 0.05) is 43.6 Å². The van der Waals surface area contributed by atoms with Crippen LogP contribution in [0, 0.1) is 28.6 Å². The molecule has 0 aromatic rings. The van der Waals surface area contributed by atoms with E-state index in [1.165, 1.54) is 0 Å². The molecule has 192 valence electrons. The lowest BCUT2D eigenvalue weighted by Gasteiger charge is -2.60. The number of hydrogen-bond donors (Lipinski definition) is 4. The molecule has 2 unspecified atom stereocenters. The maximum Gasteiger partial charge on any atom is 0.159 e. The van der Waals surface area contributed by atoms with Gasteiger partial charge in [-0.05, 0) is 74.3 Å². The van der Waals surface area contributed by atoms with Crippen LogP contribution in [0.3, 0.4) is 0 Å². The minimum Gasteiger partial charge on any atom is -0.390 e. The summed E-state index contributed by atoms with van der Waals surface area (Å²) in [5, 5.41) is 36.8. The van der Waals surface area contributed by atoms with Crippen LogP contribution in [0.5, 0.6) is 0 Å². The van der Waals surface area contributed by atoms with Gasteiger partial charge in [0.05, 0.1) is 31.0 Å². The summed E-state index contributed by atoms with van der Waals surface area (Å²) in [6.07, 6.45) is 4.31. The highest BCUT2D eigenvalue weighted by atomic mass is 16.5. The van der Waals surface area contributed by atoms with Crippen molar-refractivity contribution in [2.45, 2.75) is 83.1 Å². The van der Waals surface area contributed by atoms with Crippen molar-refractivity contribution in [1.29, 1.82) is 0 Å². The third-order valence-corrected chi connectivity index (χ3v) is 10.8. The van der Waals surface area contributed by atoms with Crippen LogP contribution in [0.15, 0.2) is 11.6 Å². The van der Waals surface area contributed by atoms with Crippen LogP contribution < -0.4 is 5.32 Å². The molecule has 0 aromatic heterocycles. The first-order chi connectivity index (χ1) is 16.1. The number of aliphatic hydroxyl groups excluding tert-OH is 2. The van der Waals surface area contributed by atoms with Gasteiger partial charge in [0.2, 0.25) is 0 Å². The van der Waals surface area contributed by atoms with Crippen LogP contribution in [0.25, 0.3) is 0 Å². The summed E-state index contributed by atoms with van der Waals surface area (Å²) in [5.74, 6) is 0.172. The number of ketones is 1. The van der Waals surface area contributed by atoms with Gasteiger partial charge in [0.15, 0.2) is 5.78 Å². The van der Waals surface area contributed by atoms with Crippen LogP contribution in [-0.2, 0) is 9.53 Å². The molecule has 3 saturated carbocycles. The molecule has 5 rings (SSSR count). The number of nitrogens with zero attached hydrogens (tertiary/aromatic N) is 1. The highest BCUT2D eigenvalue weighted by molar-refractivity contribution is 5.95. The Hall–Kier alpha value is -0.830. The van der Waals surface area contributed by atoms with E-state index in [4.69, 9.17) is 4.74 Å². The van der Waals surface area contributed by atoms with E-state index in [1.807, 2.05) is 0 Å². The number of carbonyl (C=O) groups is 1. The van der Waals surface area contributed by atoms with Gasteiger partial charge in [-0.15, -0.1) is 0 Å². The monoisotopic (exact) mass is 476 g/mol. The molecule has 9 atom stereocenters. The summed E-state index contributed by atoms with van der Waals surface area (Å²) < 4.78 is 5.45. The van der Waals surface area contributed by atoms with Gasteiger partial charge in [0.1, 0.15) is 0 Å². The molecular formula is C27H44N2O5. The second-order valence-corrected chi connectivity index (χ2v) is 12.3. The number of aliphatic hydroxyl groups is 3. The summed E-state index contributed by atoms with van der Waals surface area (Å²) >= 11 is 0. The third kappa shape index (κ3) is 3.73. The summed E-state index contributed by atoms with van der Waals surface area (Å²) in [4.78, 5) is 15.7. The number of rotatable bonds is 5. The average Bonchev–Trinajstić information content (AvgIpc) is 3.08. The highest BCUT2D eigenvalue weighted by Crippen LogP contribution is 2.67. The molecule has 1 heterocycles. The number of allylic oxidation sites excluding steroid dienone is 1. The van der Waals surface area contributed by atoms with Gasteiger partial charge in [-0.2, -0.15) is 0 Å². The maximum absolute atomic E-state index is 13.3. The molecule has 1 aliphatic heterocycles. The van der Waals surface area contributed by atoms with E-state index < -0.39 is 23.2 Å². The standard InChI is InChI=1S/C27H44N2O5/c1-17(28-8-9-29-10-12-34-13-11-29)18-5-7-27(33)20-14-22(30)21-15-23(31)24(32)16-25(21,2)19(20)4-6-26(18,27)3/h14,17-19,21,23-24,28,31-33H,4-13,15-16H2,1-3H3/t17?,18-,19?,21+,23-,24+,25-,26-,27-/m1/s1. The molecular weight excluding hydrogens is 432 g/mol. The number of ether oxygens (including phenoxy) is 1. The van der Waals surface area contributed by atoms with E-state index in [1.54, 1.807) is 6.08 Å². The van der Waals surface area contributed by atoms with Crippen LogP contribution in [-0.4, -0.2) is 89.2 Å². The lowest BCUT2D eigenvalue weighted by molar-refractivity contribution is -0.152. The Morgan fingerprint density at radius 3 is 2.62 bits per heavy atom. The molecule has 0 spiro atoms. The van der Waals surface area contributed by atoms with E-state index in [-0.39, 0.29) is 29.1 Å². The largest absolute Gasteiger partial charge is 0.390 e. The van der Waals surface area contributed by atoms with E-state index in [9.17, 15) is 20.1 Å². The van der Waals surface area contributed by atoms with Gasteiger partial charge in [0.25, 0.3) is 0 Å². The van der Waals surface area contributed by atoms with Crippen molar-refractivity contribution < 1.29 is 24.9 Å². The zero-order chi connectivity index (χ0) is 24.3. The predicted molar refractivity (Wildman–Crippen MR) is 129 cm³/mol. The fourth-order valence-electron chi connectivity index (χ4n) is 8.63. The SMILES string of the molecule is CC(NCCN1CCOCC1)[C@H]1CC[C@@]2(O)C3=CC(=O)[C@@H]4C[C@@H](O)[C@@H](O)C[C@]4(C)C3CC[C@]12C. The smallest absolute Gasteiger partial charge is 0.159 e. The number of carbonyl (C=O) groups excluding carboxylic acids is 1. The topological polar surface area (TPSA) is 102 Å². The highest BCUT2D eigenvalue weighted by Gasteiger charge is 2.66. The number of fused-ring (bicyclic) bond motifs is 5. The van der Waals surface area contributed by atoms with Crippen molar-refractivity contribution in [2.75, 3.05) is 39.4 Å². The van der Waals surface area contributed by atoms with Crippen molar-refractivity contribution in [3.63, 3.8) is 0 Å². The molecule has 0 radical (unpaired) electrons. The molecule has 4 aliphatic carbocycles. The van der Waals surface area contributed by atoms with Crippen LogP contribution in [0.2, 0.25) is 0 Å². The fraction of sp³-hybridized carbons (Fsp3) is 0.889. The fourth-order valence-corrected chi connectivity index (χ4v) is 8.63. The summed E-state index contributed by atoms with van der Waals surface area (Å²) in [5.41, 5.74) is -0.754. The Bertz CT molecular complexity index is 828. The Morgan fingerprint density at radius 1 is 1.15 bits per heavy atom. The van der Waals surface area contributed by atoms with E-state index >= 15 is 0 Å². The lowest BCUT2D eigenvalue weighted by Crippen LogP contribution is -2.61. The molecule has 0 aromatic carbocycles. The number of morpholine rings is 1. The van der Waals surface area contributed by atoms with Gasteiger partial charge < -0.3 is 25.4 Å². The zero-order valence-corrected chi connectivity index (χ0v) is 21.1. The first-order valence-corrected chi connectivity index (χ1v) is 13.5. The Kier molecular flexibility index (Phi) is 6.52. The zero-order valence-electron chi connectivity index (χ0n) is 21.1. The van der Waals surface area contributed by atoms with E-state index in [0.29, 0.717) is 25.2 Å². The van der Waals surface area contributed by atoms with Crippen molar-refractivity contribution in [1.82, 2.24) is 10.2 Å². The van der Waals surface area contributed by atoms with Gasteiger partial charge in [-0.1, -0.05) is 13.8 Å². The summed E-state index contributed by atoms with van der Waals surface area (Å²) in [7, 11) is 0. The molecule has 34 heavy (non-hydrogen) atoms. The molecule has 0 bridgehead atoms. The molecule has 7 heteroatoms. The van der Waals surface area contributed by atoms with Gasteiger partial charge in [-0.3, -0.25) is 9.69 Å². The molecule has 7 nitrogen and oxygen atoms in total. The molecule has 1 saturated heterocycles. The molecule has 0 amide bonds. The number of hydrogen-bond acceptors (Lipinski definition) is 7. The second-order valence-electron chi connectivity index (χ2n) is 12.3.